The number of carbonyl (C=O) groups excluding carboxylic acids is 1. The van der Waals surface area contributed by atoms with Crippen LogP contribution in [0.25, 0.3) is 0 Å². The lowest BCUT2D eigenvalue weighted by Crippen LogP contribution is -2.35. The lowest BCUT2D eigenvalue weighted by Gasteiger charge is -2.14. The van der Waals surface area contributed by atoms with Crippen LogP contribution in [0.15, 0.2) is 35.7 Å². The summed E-state index contributed by atoms with van der Waals surface area (Å²) in [5.74, 6) is 0.288. The predicted octanol–water partition coefficient (Wildman–Crippen LogP) is 4.14. The van der Waals surface area contributed by atoms with E-state index in [1.807, 2.05) is 17.5 Å². The molecule has 0 aliphatic heterocycles. The first-order valence-corrected chi connectivity index (χ1v) is 7.61. The molecule has 106 valence electrons. The summed E-state index contributed by atoms with van der Waals surface area (Å²) in [5, 5.41) is 5.72. The van der Waals surface area contributed by atoms with Crippen molar-refractivity contribution in [3.05, 3.63) is 50.6 Å². The molecular weight excluding hydrogens is 317 g/mol. The monoisotopic (exact) mass is 329 g/mol. The summed E-state index contributed by atoms with van der Waals surface area (Å²) in [5.41, 5.74) is 0. The van der Waals surface area contributed by atoms with Gasteiger partial charge in [-0.05, 0) is 36.6 Å². The van der Waals surface area contributed by atoms with Crippen molar-refractivity contribution in [2.75, 3.05) is 0 Å². The zero-order valence-corrected chi connectivity index (χ0v) is 13.1. The molecule has 0 radical (unpaired) electrons. The SMILES string of the molecule is CC(Oc1cc(Cl)cc(Cl)c1)C(=O)NCc1cccs1. The van der Waals surface area contributed by atoms with E-state index in [0.717, 1.165) is 4.88 Å². The highest BCUT2D eigenvalue weighted by atomic mass is 35.5. The molecule has 20 heavy (non-hydrogen) atoms. The van der Waals surface area contributed by atoms with Crippen molar-refractivity contribution in [1.29, 1.82) is 0 Å². The lowest BCUT2D eigenvalue weighted by molar-refractivity contribution is -0.127. The van der Waals surface area contributed by atoms with E-state index in [1.54, 1.807) is 36.5 Å². The second-order valence-electron chi connectivity index (χ2n) is 4.16. The fourth-order valence-electron chi connectivity index (χ4n) is 1.59. The van der Waals surface area contributed by atoms with E-state index in [4.69, 9.17) is 27.9 Å². The zero-order chi connectivity index (χ0) is 14.5. The van der Waals surface area contributed by atoms with Crippen molar-refractivity contribution in [1.82, 2.24) is 5.32 Å². The molecular formula is C14H13Cl2NO2S. The maximum atomic E-state index is 11.9. The van der Waals surface area contributed by atoms with Crippen LogP contribution in [0.4, 0.5) is 0 Å². The van der Waals surface area contributed by atoms with E-state index in [9.17, 15) is 4.79 Å². The van der Waals surface area contributed by atoms with E-state index >= 15 is 0 Å². The first-order valence-electron chi connectivity index (χ1n) is 5.97. The molecule has 2 rings (SSSR count). The van der Waals surface area contributed by atoms with Crippen LogP contribution in [0, 0.1) is 0 Å². The molecule has 1 aromatic heterocycles. The van der Waals surface area contributed by atoms with Crippen molar-refractivity contribution >= 4 is 40.4 Å². The van der Waals surface area contributed by atoms with Crippen LogP contribution in [0.1, 0.15) is 11.8 Å². The summed E-state index contributed by atoms with van der Waals surface area (Å²) >= 11 is 13.4. The number of hydrogen-bond donors (Lipinski definition) is 1. The summed E-state index contributed by atoms with van der Waals surface area (Å²) in [6, 6.07) is 8.76. The maximum absolute atomic E-state index is 11.9. The minimum absolute atomic E-state index is 0.186. The zero-order valence-electron chi connectivity index (χ0n) is 10.7. The second-order valence-corrected chi connectivity index (χ2v) is 6.07. The highest BCUT2D eigenvalue weighted by Gasteiger charge is 2.15. The molecule has 0 saturated carbocycles. The molecule has 3 nitrogen and oxygen atoms in total. The number of ether oxygens (including phenoxy) is 1. The van der Waals surface area contributed by atoms with Gasteiger partial charge in [0.05, 0.1) is 6.54 Å². The molecule has 0 fully saturated rings. The lowest BCUT2D eigenvalue weighted by atomic mass is 10.3. The summed E-state index contributed by atoms with van der Waals surface area (Å²) in [6.07, 6.45) is -0.621. The van der Waals surface area contributed by atoms with Crippen LogP contribution in [0.5, 0.6) is 5.75 Å². The molecule has 0 saturated heterocycles. The van der Waals surface area contributed by atoms with Crippen molar-refractivity contribution in [2.45, 2.75) is 19.6 Å². The molecule has 1 unspecified atom stereocenters. The Hall–Kier alpha value is -1.23. The fourth-order valence-corrected chi connectivity index (χ4v) is 2.74. The Morgan fingerprint density at radius 1 is 1.35 bits per heavy atom. The van der Waals surface area contributed by atoms with Gasteiger partial charge >= 0.3 is 0 Å². The quantitative estimate of drug-likeness (QED) is 0.895. The first kappa shape index (κ1) is 15.2. The number of carbonyl (C=O) groups is 1. The second kappa shape index (κ2) is 6.97. The van der Waals surface area contributed by atoms with E-state index in [0.29, 0.717) is 22.3 Å². The van der Waals surface area contributed by atoms with Gasteiger partial charge in [0.25, 0.3) is 5.91 Å². The van der Waals surface area contributed by atoms with Crippen LogP contribution in [0.2, 0.25) is 10.0 Å². The van der Waals surface area contributed by atoms with Crippen molar-refractivity contribution in [3.8, 4) is 5.75 Å². The Kier molecular flexibility index (Phi) is 5.29. The third-order valence-corrected chi connectivity index (χ3v) is 3.85. The third-order valence-electron chi connectivity index (χ3n) is 2.54. The molecule has 2 aromatic rings. The first-order chi connectivity index (χ1) is 9.54. The van der Waals surface area contributed by atoms with Crippen molar-refractivity contribution < 1.29 is 9.53 Å². The number of thiophene rings is 1. The molecule has 1 heterocycles. The van der Waals surface area contributed by atoms with Gasteiger partial charge in [-0.2, -0.15) is 0 Å². The number of hydrogen-bond acceptors (Lipinski definition) is 3. The van der Waals surface area contributed by atoms with Crippen LogP contribution >= 0.6 is 34.5 Å². The largest absolute Gasteiger partial charge is 0.481 e. The van der Waals surface area contributed by atoms with E-state index < -0.39 is 6.10 Å². The summed E-state index contributed by atoms with van der Waals surface area (Å²) in [6.45, 7) is 2.18. The van der Waals surface area contributed by atoms with Gasteiger partial charge in [0.15, 0.2) is 6.10 Å². The molecule has 0 aliphatic rings. The molecule has 6 heteroatoms. The van der Waals surface area contributed by atoms with E-state index in [1.165, 1.54) is 0 Å². The van der Waals surface area contributed by atoms with Gasteiger partial charge in [0, 0.05) is 14.9 Å². The molecule has 1 amide bonds. The topological polar surface area (TPSA) is 38.3 Å². The average molecular weight is 330 g/mol. The molecule has 0 bridgehead atoms. The van der Waals surface area contributed by atoms with Crippen LogP contribution < -0.4 is 10.1 Å². The van der Waals surface area contributed by atoms with Gasteiger partial charge in [0.1, 0.15) is 5.75 Å². The number of amides is 1. The van der Waals surface area contributed by atoms with Crippen molar-refractivity contribution in [2.24, 2.45) is 0 Å². The standard InChI is InChI=1S/C14H13Cl2NO2S/c1-9(14(18)17-8-13-3-2-4-20-13)19-12-6-10(15)5-11(16)7-12/h2-7,9H,8H2,1H3,(H,17,18). The smallest absolute Gasteiger partial charge is 0.261 e. The minimum Gasteiger partial charge on any atom is -0.481 e. The Labute approximate surface area is 131 Å². The Bertz CT molecular complexity index is 567. The van der Waals surface area contributed by atoms with Crippen LogP contribution in [0.3, 0.4) is 0 Å². The molecule has 1 N–H and O–H groups in total. The highest BCUT2D eigenvalue weighted by molar-refractivity contribution is 7.09. The van der Waals surface area contributed by atoms with Gasteiger partial charge in [-0.3, -0.25) is 4.79 Å². The average Bonchev–Trinajstić information content (AvgIpc) is 2.87. The van der Waals surface area contributed by atoms with Gasteiger partial charge in [0.2, 0.25) is 0 Å². The summed E-state index contributed by atoms with van der Waals surface area (Å²) < 4.78 is 5.53. The Balaban J connectivity index is 1.90. The fraction of sp³-hybridized carbons (Fsp3) is 0.214. The van der Waals surface area contributed by atoms with Gasteiger partial charge < -0.3 is 10.1 Å². The normalized spacial score (nSPS) is 11.9. The Morgan fingerprint density at radius 2 is 2.05 bits per heavy atom. The minimum atomic E-state index is -0.621. The van der Waals surface area contributed by atoms with Crippen LogP contribution in [-0.4, -0.2) is 12.0 Å². The van der Waals surface area contributed by atoms with Gasteiger partial charge in [-0.1, -0.05) is 29.3 Å². The van der Waals surface area contributed by atoms with Gasteiger partial charge in [-0.15, -0.1) is 11.3 Å². The molecule has 0 aliphatic carbocycles. The summed E-state index contributed by atoms with van der Waals surface area (Å²) in [4.78, 5) is 13.0. The summed E-state index contributed by atoms with van der Waals surface area (Å²) in [7, 11) is 0. The molecule has 1 atom stereocenters. The number of halogens is 2. The maximum Gasteiger partial charge on any atom is 0.261 e. The number of rotatable bonds is 5. The number of benzene rings is 1. The Morgan fingerprint density at radius 3 is 2.65 bits per heavy atom. The third kappa shape index (κ3) is 4.40. The van der Waals surface area contributed by atoms with Crippen molar-refractivity contribution in [3.63, 3.8) is 0 Å². The highest BCUT2D eigenvalue weighted by Crippen LogP contribution is 2.24. The van der Waals surface area contributed by atoms with Gasteiger partial charge in [-0.25, -0.2) is 0 Å². The van der Waals surface area contributed by atoms with E-state index in [2.05, 4.69) is 5.32 Å². The predicted molar refractivity (Wildman–Crippen MR) is 82.7 cm³/mol. The van der Waals surface area contributed by atoms with E-state index in [-0.39, 0.29) is 5.91 Å². The number of nitrogens with one attached hydrogen (secondary N) is 1. The molecule has 1 aromatic carbocycles. The molecule has 0 spiro atoms. The van der Waals surface area contributed by atoms with Crippen LogP contribution in [-0.2, 0) is 11.3 Å².